The third-order valence-electron chi connectivity index (χ3n) is 3.01. The quantitative estimate of drug-likeness (QED) is 0.498. The van der Waals surface area contributed by atoms with Crippen molar-refractivity contribution in [1.29, 1.82) is 0 Å². The molecule has 0 atom stereocenters. The van der Waals surface area contributed by atoms with Crippen LogP contribution in [0.3, 0.4) is 0 Å². The Kier molecular flexibility index (Phi) is 6.15. The van der Waals surface area contributed by atoms with E-state index in [1.807, 2.05) is 0 Å². The second-order valence-electron chi connectivity index (χ2n) is 6.02. The Morgan fingerprint density at radius 2 is 1.36 bits per heavy atom. The Labute approximate surface area is 148 Å². The summed E-state index contributed by atoms with van der Waals surface area (Å²) >= 11 is 0. The molecule has 6 nitrogen and oxygen atoms in total. The highest BCUT2D eigenvalue weighted by Gasteiger charge is 2.50. The minimum absolute atomic E-state index is 0.304. The molecular weight excluding hydrogens is 421 g/mol. The summed E-state index contributed by atoms with van der Waals surface area (Å²) < 4.78 is 92.1. The molecule has 0 heterocycles. The molecule has 0 unspecified atom stereocenters. The van der Waals surface area contributed by atoms with E-state index in [-0.39, 0.29) is 0 Å². The van der Waals surface area contributed by atoms with Crippen molar-refractivity contribution in [3.05, 3.63) is 24.3 Å². The summed E-state index contributed by atoms with van der Waals surface area (Å²) in [6.45, 7) is 2.63. The number of alkyl halides is 3. The average molecular weight is 441 g/mol. The van der Waals surface area contributed by atoms with E-state index in [0.29, 0.717) is 10.1 Å². The first-order chi connectivity index (χ1) is 10.9. The molecule has 13 heteroatoms. The van der Waals surface area contributed by atoms with Crippen LogP contribution in [0.1, 0.15) is 0 Å². The van der Waals surface area contributed by atoms with Crippen LogP contribution in [0.4, 0.5) is 13.2 Å². The fraction of sp³-hybridized carbons (Fsp3) is 0.500. The molecule has 0 aliphatic rings. The lowest BCUT2D eigenvalue weighted by atomic mass is 10.4. The minimum Gasteiger partial charge on any atom is -0.303 e. The lowest BCUT2D eigenvalue weighted by Gasteiger charge is -2.30. The molecule has 0 saturated heterocycles. The molecule has 0 bridgehead atoms. The van der Waals surface area contributed by atoms with E-state index in [2.05, 4.69) is 3.87 Å². The first-order valence-corrected chi connectivity index (χ1v) is 15.1. The van der Waals surface area contributed by atoms with Gasteiger partial charge in [-0.3, -0.25) is 0 Å². The van der Waals surface area contributed by atoms with Crippen molar-refractivity contribution in [3.63, 3.8) is 0 Å². The Morgan fingerprint density at radius 3 is 1.72 bits per heavy atom. The van der Waals surface area contributed by atoms with Crippen molar-refractivity contribution >= 4 is 44.0 Å². The lowest BCUT2D eigenvalue weighted by molar-refractivity contribution is -0.0502. The largest absolute Gasteiger partial charge is 0.522 e. The zero-order valence-corrected chi connectivity index (χ0v) is 17.6. The highest BCUT2D eigenvalue weighted by Crippen LogP contribution is 2.51. The summed E-state index contributed by atoms with van der Waals surface area (Å²) in [4.78, 5) is 0.533. The van der Waals surface area contributed by atoms with Crippen LogP contribution in [0.15, 0.2) is 29.2 Å². The summed E-state index contributed by atoms with van der Waals surface area (Å²) in [6.07, 6.45) is 4.11. The second kappa shape index (κ2) is 6.85. The number of benzene rings is 1. The van der Waals surface area contributed by atoms with Crippen LogP contribution in [0.25, 0.3) is 0 Å². The van der Waals surface area contributed by atoms with Crippen molar-refractivity contribution in [3.8, 4) is 0 Å². The molecule has 0 aliphatic carbocycles. The normalized spacial score (nSPS) is 15.2. The predicted octanol–water partition coefficient (Wildman–Crippen LogP) is 2.28. The van der Waals surface area contributed by atoms with Crippen LogP contribution < -0.4 is 5.19 Å². The van der Waals surface area contributed by atoms with Crippen LogP contribution in [0.2, 0.25) is 13.1 Å². The Balaban J connectivity index is 3.14. The van der Waals surface area contributed by atoms with Gasteiger partial charge in [-0.25, -0.2) is 3.63 Å². The summed E-state index contributed by atoms with van der Waals surface area (Å²) in [6, 6.07) is 5.84. The van der Waals surface area contributed by atoms with E-state index in [9.17, 15) is 30.0 Å². The SMILES string of the molecule is C[Si](C)(OS(=O)(=O)C(F)(F)F)c1ccc(S(C)(C)OS(C)(=O)=O)cc1. The van der Waals surface area contributed by atoms with Gasteiger partial charge in [-0.1, -0.05) is 22.4 Å². The fourth-order valence-corrected chi connectivity index (χ4v) is 9.41. The van der Waals surface area contributed by atoms with Crippen LogP contribution >= 0.6 is 10.3 Å². The molecule has 1 aromatic carbocycles. The van der Waals surface area contributed by atoms with Crippen molar-refractivity contribution < 1.29 is 37.5 Å². The number of hydrogen-bond acceptors (Lipinski definition) is 6. The van der Waals surface area contributed by atoms with Gasteiger partial charge in [0.05, 0.1) is 6.26 Å². The van der Waals surface area contributed by atoms with Crippen molar-refractivity contribution in [2.45, 2.75) is 23.5 Å². The molecule has 25 heavy (non-hydrogen) atoms. The Hall–Kier alpha value is -0.603. The van der Waals surface area contributed by atoms with Gasteiger partial charge in [0.25, 0.3) is 10.1 Å². The van der Waals surface area contributed by atoms with E-state index < -0.39 is 44.4 Å². The first kappa shape index (κ1) is 22.4. The van der Waals surface area contributed by atoms with E-state index in [1.54, 1.807) is 12.5 Å². The monoisotopic (exact) mass is 440 g/mol. The van der Waals surface area contributed by atoms with Crippen LogP contribution in [0, 0.1) is 0 Å². The molecule has 1 aromatic rings. The van der Waals surface area contributed by atoms with Crippen molar-refractivity contribution in [2.24, 2.45) is 0 Å². The van der Waals surface area contributed by atoms with Gasteiger partial charge in [0.2, 0.25) is 8.32 Å². The van der Waals surface area contributed by atoms with E-state index >= 15 is 0 Å². The molecule has 0 aliphatic heterocycles. The molecule has 0 amide bonds. The van der Waals surface area contributed by atoms with Crippen LogP contribution in [-0.4, -0.2) is 49.4 Å². The van der Waals surface area contributed by atoms with Gasteiger partial charge in [-0.15, -0.1) is 0 Å². The van der Waals surface area contributed by atoms with Crippen LogP contribution in [0.5, 0.6) is 0 Å². The fourth-order valence-electron chi connectivity index (χ4n) is 1.90. The third-order valence-corrected chi connectivity index (χ3v) is 11.6. The maximum atomic E-state index is 12.5. The number of rotatable bonds is 6. The molecule has 0 saturated carbocycles. The zero-order valence-electron chi connectivity index (χ0n) is 14.1. The molecule has 0 fully saturated rings. The predicted molar refractivity (Wildman–Crippen MR) is 93.3 cm³/mol. The molecular formula is C12H19F3O6S3Si. The summed E-state index contributed by atoms with van der Waals surface area (Å²) in [5.41, 5.74) is -5.49. The van der Waals surface area contributed by atoms with E-state index in [4.69, 9.17) is 3.63 Å². The average Bonchev–Trinajstić information content (AvgIpc) is 2.33. The number of hydrogen-bond donors (Lipinski definition) is 0. The molecule has 0 aromatic heterocycles. The smallest absolute Gasteiger partial charge is 0.303 e. The summed E-state index contributed by atoms with van der Waals surface area (Å²) in [5, 5.41) is 0.304. The number of halogens is 3. The Bertz CT molecular complexity index is 830. The first-order valence-electron chi connectivity index (χ1n) is 6.64. The molecule has 0 N–H and O–H groups in total. The zero-order chi connectivity index (χ0) is 19.9. The minimum atomic E-state index is -5.70. The lowest BCUT2D eigenvalue weighted by Crippen LogP contribution is -2.48. The van der Waals surface area contributed by atoms with Gasteiger partial charge >= 0.3 is 15.6 Å². The maximum absolute atomic E-state index is 12.5. The van der Waals surface area contributed by atoms with Gasteiger partial charge < -0.3 is 3.87 Å². The third kappa shape index (κ3) is 5.96. The van der Waals surface area contributed by atoms with E-state index in [0.717, 1.165) is 6.26 Å². The molecule has 1 rings (SSSR count). The molecule has 0 radical (unpaired) electrons. The van der Waals surface area contributed by atoms with Gasteiger partial charge in [0, 0.05) is 4.90 Å². The topological polar surface area (TPSA) is 86.7 Å². The molecule has 0 spiro atoms. The highest BCUT2D eigenvalue weighted by molar-refractivity contribution is 8.32. The standard InChI is InChI=1S/C12H19F3O6S3Si/c1-22(2,20-23(3,16)17)10-6-8-11(9-7-10)25(4,5)21-24(18,19)12(13,14)15/h6-9H,1-5H3. The van der Waals surface area contributed by atoms with Gasteiger partial charge in [-0.05, 0) is 42.9 Å². The summed E-state index contributed by atoms with van der Waals surface area (Å²) in [5.74, 6) is 0. The van der Waals surface area contributed by atoms with Crippen molar-refractivity contribution in [1.82, 2.24) is 0 Å². The van der Waals surface area contributed by atoms with Crippen molar-refractivity contribution in [2.75, 3.05) is 18.8 Å². The highest BCUT2D eigenvalue weighted by atomic mass is 32.3. The van der Waals surface area contributed by atoms with Gasteiger partial charge in [0.15, 0.2) is 0 Å². The van der Waals surface area contributed by atoms with Gasteiger partial charge in [-0.2, -0.15) is 30.0 Å². The van der Waals surface area contributed by atoms with E-state index in [1.165, 1.54) is 37.4 Å². The second-order valence-corrected chi connectivity index (χ2v) is 16.5. The van der Waals surface area contributed by atoms with Crippen LogP contribution in [-0.2, 0) is 27.7 Å². The Morgan fingerprint density at radius 1 is 0.920 bits per heavy atom. The maximum Gasteiger partial charge on any atom is 0.522 e. The van der Waals surface area contributed by atoms with Gasteiger partial charge in [0.1, 0.15) is 0 Å². The summed E-state index contributed by atoms with van der Waals surface area (Å²) in [7, 11) is -15.0. The molecule has 146 valence electrons.